The van der Waals surface area contributed by atoms with Crippen LogP contribution < -0.4 is 10.6 Å². The highest BCUT2D eigenvalue weighted by atomic mass is 32.2. The molecule has 0 radical (unpaired) electrons. The van der Waals surface area contributed by atoms with E-state index in [4.69, 9.17) is 0 Å². The van der Waals surface area contributed by atoms with Crippen molar-refractivity contribution < 1.29 is 14.0 Å². The van der Waals surface area contributed by atoms with E-state index >= 15 is 0 Å². The first-order chi connectivity index (χ1) is 19.0. The Morgan fingerprint density at radius 2 is 1.72 bits per heavy atom. The fourth-order valence-electron chi connectivity index (χ4n) is 3.72. The summed E-state index contributed by atoms with van der Waals surface area (Å²) < 4.78 is 15.8. The molecule has 0 saturated heterocycles. The zero-order valence-corrected chi connectivity index (χ0v) is 22.4. The number of carbonyl (C=O) groups excluding carboxylic acids is 2. The summed E-state index contributed by atoms with van der Waals surface area (Å²) in [6, 6.07) is 23.2. The van der Waals surface area contributed by atoms with E-state index < -0.39 is 11.7 Å². The van der Waals surface area contributed by atoms with Crippen LogP contribution in [0.15, 0.2) is 89.4 Å². The van der Waals surface area contributed by atoms with E-state index in [0.29, 0.717) is 16.1 Å². The summed E-state index contributed by atoms with van der Waals surface area (Å²) in [5, 5.41) is 16.9. The van der Waals surface area contributed by atoms with E-state index in [9.17, 15) is 14.0 Å². The van der Waals surface area contributed by atoms with Gasteiger partial charge in [0, 0.05) is 16.6 Å². The molecule has 0 bridgehead atoms. The molecule has 2 aromatic heterocycles. The average molecular weight is 559 g/mol. The number of aromatic nitrogens is 4. The Bertz CT molecular complexity index is 1600. The second-order valence-corrected chi connectivity index (χ2v) is 10.3. The number of para-hydroxylation sites is 1. The highest BCUT2D eigenvalue weighted by Crippen LogP contribution is 2.26. The number of aryl methyl sites for hydroxylation is 1. The van der Waals surface area contributed by atoms with Gasteiger partial charge >= 0.3 is 0 Å². The Morgan fingerprint density at radius 3 is 2.49 bits per heavy atom. The molecule has 196 valence electrons. The first-order valence-corrected chi connectivity index (χ1v) is 13.8. The molecule has 5 aromatic rings. The number of benzene rings is 3. The summed E-state index contributed by atoms with van der Waals surface area (Å²) in [4.78, 5) is 29.8. The van der Waals surface area contributed by atoms with Crippen LogP contribution in [0.4, 0.5) is 9.52 Å². The number of nitrogens with zero attached hydrogens (tertiary/aromatic N) is 4. The molecule has 2 N–H and O–H groups in total. The summed E-state index contributed by atoms with van der Waals surface area (Å²) in [6.45, 7) is 2.04. The average Bonchev–Trinajstić information content (AvgIpc) is 3.58. The highest BCUT2D eigenvalue weighted by Gasteiger charge is 2.18. The van der Waals surface area contributed by atoms with Crippen LogP contribution in [0.2, 0.25) is 0 Å². The van der Waals surface area contributed by atoms with E-state index in [-0.39, 0.29) is 23.8 Å². The molecule has 5 rings (SSSR count). The summed E-state index contributed by atoms with van der Waals surface area (Å²) in [7, 11) is 0. The Labute approximate surface area is 232 Å². The summed E-state index contributed by atoms with van der Waals surface area (Å²) in [6.07, 6.45) is 0. The lowest BCUT2D eigenvalue weighted by molar-refractivity contribution is -0.113. The zero-order chi connectivity index (χ0) is 27.2. The molecule has 0 aliphatic rings. The van der Waals surface area contributed by atoms with Crippen molar-refractivity contribution in [2.45, 2.75) is 18.6 Å². The molecule has 8 nitrogen and oxygen atoms in total. The van der Waals surface area contributed by atoms with Gasteiger partial charge in [-0.25, -0.2) is 9.37 Å². The Kier molecular flexibility index (Phi) is 8.09. The zero-order valence-electron chi connectivity index (χ0n) is 20.8. The van der Waals surface area contributed by atoms with Gasteiger partial charge in [-0.15, -0.1) is 21.5 Å². The van der Waals surface area contributed by atoms with E-state index in [2.05, 4.69) is 25.8 Å². The molecule has 2 amide bonds. The predicted octanol–water partition coefficient (Wildman–Crippen LogP) is 5.50. The minimum atomic E-state index is -0.604. The van der Waals surface area contributed by atoms with Crippen LogP contribution in [0.25, 0.3) is 16.9 Å². The molecule has 0 atom stereocenters. The maximum absolute atomic E-state index is 14.0. The lowest BCUT2D eigenvalue weighted by Gasteiger charge is -2.11. The van der Waals surface area contributed by atoms with Crippen LogP contribution in [-0.2, 0) is 11.3 Å². The van der Waals surface area contributed by atoms with Crippen LogP contribution in [-0.4, -0.2) is 37.3 Å². The molecule has 0 aliphatic carbocycles. The minimum Gasteiger partial charge on any atom is -0.345 e. The largest absolute Gasteiger partial charge is 0.345 e. The van der Waals surface area contributed by atoms with Gasteiger partial charge in [-0.2, -0.15) is 0 Å². The smallest absolute Gasteiger partial charge is 0.254 e. The number of thioether (sulfide) groups is 1. The summed E-state index contributed by atoms with van der Waals surface area (Å²) in [5.41, 5.74) is 3.66. The third-order valence-electron chi connectivity index (χ3n) is 5.67. The quantitative estimate of drug-likeness (QED) is 0.232. The molecule has 0 fully saturated rings. The molecular formula is C28H23FN6O2S2. The number of hydrogen-bond donors (Lipinski definition) is 2. The van der Waals surface area contributed by atoms with E-state index in [1.807, 2.05) is 66.9 Å². The van der Waals surface area contributed by atoms with Crippen molar-refractivity contribution in [3.8, 4) is 16.9 Å². The van der Waals surface area contributed by atoms with E-state index in [0.717, 1.165) is 16.9 Å². The van der Waals surface area contributed by atoms with Crippen LogP contribution in [0.3, 0.4) is 0 Å². The molecule has 0 saturated carbocycles. The maximum atomic E-state index is 14.0. The van der Waals surface area contributed by atoms with Gasteiger partial charge in [-0.05, 0) is 31.2 Å². The maximum Gasteiger partial charge on any atom is 0.254 e. The number of anilines is 1. The number of amides is 2. The molecule has 0 unspecified atom stereocenters. The van der Waals surface area contributed by atoms with Gasteiger partial charge in [0.15, 0.2) is 16.1 Å². The van der Waals surface area contributed by atoms with Crippen molar-refractivity contribution in [2.24, 2.45) is 0 Å². The molecular weight excluding hydrogens is 535 g/mol. The predicted molar refractivity (Wildman–Crippen MR) is 151 cm³/mol. The number of carbonyl (C=O) groups is 2. The fourth-order valence-corrected chi connectivity index (χ4v) is 5.22. The van der Waals surface area contributed by atoms with Gasteiger partial charge in [0.1, 0.15) is 5.82 Å². The van der Waals surface area contributed by atoms with E-state index in [1.165, 1.54) is 46.9 Å². The molecule has 0 aliphatic heterocycles. The number of hydrogen-bond acceptors (Lipinski definition) is 7. The monoisotopic (exact) mass is 558 g/mol. The fraction of sp³-hybridized carbons (Fsp3) is 0.107. The first kappa shape index (κ1) is 26.3. The summed E-state index contributed by atoms with van der Waals surface area (Å²) in [5.74, 6) is -0.879. The standard InChI is InChI=1S/C28H23FN6O2S2/c1-18-11-13-19(14-12-18)23-16-38-27(31-23)32-25(36)17-39-28-34-33-24(35(28)20-7-3-2-4-8-20)15-30-26(37)21-9-5-6-10-22(21)29/h2-14,16H,15,17H2,1H3,(H,30,37)(H,31,32,36). The molecule has 3 aromatic carbocycles. The van der Waals surface area contributed by atoms with Gasteiger partial charge < -0.3 is 10.6 Å². The number of halogens is 1. The molecule has 0 spiro atoms. The lowest BCUT2D eigenvalue weighted by atomic mass is 10.1. The Balaban J connectivity index is 1.26. The first-order valence-electron chi connectivity index (χ1n) is 12.0. The Morgan fingerprint density at radius 1 is 0.974 bits per heavy atom. The van der Waals surface area contributed by atoms with Gasteiger partial charge in [0.2, 0.25) is 5.91 Å². The van der Waals surface area contributed by atoms with Crippen LogP contribution >= 0.6 is 23.1 Å². The van der Waals surface area contributed by atoms with Crippen molar-refractivity contribution in [1.29, 1.82) is 0 Å². The van der Waals surface area contributed by atoms with Gasteiger partial charge in [-0.3, -0.25) is 14.2 Å². The van der Waals surface area contributed by atoms with Crippen LogP contribution in [0, 0.1) is 12.7 Å². The van der Waals surface area contributed by atoms with E-state index in [1.54, 1.807) is 10.6 Å². The van der Waals surface area contributed by atoms with Crippen molar-refractivity contribution in [3.05, 3.63) is 107 Å². The van der Waals surface area contributed by atoms with Crippen molar-refractivity contribution in [3.63, 3.8) is 0 Å². The van der Waals surface area contributed by atoms with Crippen molar-refractivity contribution in [1.82, 2.24) is 25.1 Å². The minimum absolute atomic E-state index is 0.0166. The second-order valence-electron chi connectivity index (χ2n) is 8.47. The third kappa shape index (κ3) is 6.39. The second kappa shape index (κ2) is 12.0. The molecule has 2 heterocycles. The summed E-state index contributed by atoms with van der Waals surface area (Å²) >= 11 is 2.57. The number of nitrogens with one attached hydrogen (secondary N) is 2. The van der Waals surface area contributed by atoms with Gasteiger partial charge in [0.25, 0.3) is 5.91 Å². The number of rotatable bonds is 9. The van der Waals surface area contributed by atoms with Crippen LogP contribution in [0.5, 0.6) is 0 Å². The molecule has 11 heteroatoms. The molecule has 39 heavy (non-hydrogen) atoms. The highest BCUT2D eigenvalue weighted by molar-refractivity contribution is 7.99. The van der Waals surface area contributed by atoms with Gasteiger partial charge in [-0.1, -0.05) is 71.9 Å². The number of thiazole rings is 1. The normalized spacial score (nSPS) is 10.8. The van der Waals surface area contributed by atoms with Crippen molar-refractivity contribution >= 4 is 40.0 Å². The lowest BCUT2D eigenvalue weighted by Crippen LogP contribution is -2.25. The SMILES string of the molecule is Cc1ccc(-c2csc(NC(=O)CSc3nnc(CNC(=O)c4ccccc4F)n3-c3ccccc3)n2)cc1. The van der Waals surface area contributed by atoms with Gasteiger partial charge in [0.05, 0.1) is 23.6 Å². The third-order valence-corrected chi connectivity index (χ3v) is 7.36. The van der Waals surface area contributed by atoms with Crippen molar-refractivity contribution in [2.75, 3.05) is 11.1 Å². The topological polar surface area (TPSA) is 102 Å². The Hall–Kier alpha value is -4.35. The van der Waals surface area contributed by atoms with Crippen LogP contribution in [0.1, 0.15) is 21.7 Å².